The molecule has 0 radical (unpaired) electrons. The third kappa shape index (κ3) is 4.11. The number of nitrogen functional groups attached to an aromatic ring is 1. The maximum atomic E-state index is 12.6. The van der Waals surface area contributed by atoms with E-state index in [-0.39, 0.29) is 20.8 Å². The summed E-state index contributed by atoms with van der Waals surface area (Å²) in [5.74, 6) is -0.0408. The molecule has 0 bridgehead atoms. The Morgan fingerprint density at radius 2 is 1.75 bits per heavy atom. The van der Waals surface area contributed by atoms with Gasteiger partial charge in [0.15, 0.2) is 0 Å². The van der Waals surface area contributed by atoms with Crippen LogP contribution in [0.1, 0.15) is 11.3 Å². The van der Waals surface area contributed by atoms with Gasteiger partial charge in [0.25, 0.3) is 10.0 Å². The highest BCUT2D eigenvalue weighted by Gasteiger charge is 2.19. The summed E-state index contributed by atoms with van der Waals surface area (Å²) in [7, 11) is -3.89. The first-order valence-electron chi connectivity index (χ1n) is 8.08. The van der Waals surface area contributed by atoms with Crippen LogP contribution in [0.3, 0.4) is 0 Å². The molecule has 3 aromatic rings. The van der Waals surface area contributed by atoms with Crippen LogP contribution in [-0.4, -0.2) is 19.2 Å². The zero-order valence-electron chi connectivity index (χ0n) is 14.7. The SMILES string of the molecule is Cc1nc(-c2ccc(NS(=O)(=O)c3cccc(Cl)c3Cl)cc2)ccc1C(=N)N. The topological polar surface area (TPSA) is 109 Å². The van der Waals surface area contributed by atoms with Crippen molar-refractivity contribution in [1.29, 1.82) is 5.41 Å². The zero-order chi connectivity index (χ0) is 20.5. The number of anilines is 1. The molecule has 1 heterocycles. The Balaban J connectivity index is 1.86. The predicted octanol–water partition coefficient (Wildman–Crippen LogP) is 4.45. The number of aryl methyl sites for hydroxylation is 1. The zero-order valence-corrected chi connectivity index (χ0v) is 17.0. The second-order valence-electron chi connectivity index (χ2n) is 5.98. The fourth-order valence-electron chi connectivity index (χ4n) is 2.62. The van der Waals surface area contributed by atoms with Crippen LogP contribution in [0.2, 0.25) is 10.0 Å². The molecule has 0 aliphatic carbocycles. The van der Waals surface area contributed by atoms with Crippen LogP contribution in [0.5, 0.6) is 0 Å². The molecule has 0 amide bonds. The molecule has 144 valence electrons. The number of halogens is 2. The number of nitrogens with two attached hydrogens (primary N) is 1. The van der Waals surface area contributed by atoms with Crippen molar-refractivity contribution in [3.05, 3.63) is 75.9 Å². The largest absolute Gasteiger partial charge is 0.384 e. The van der Waals surface area contributed by atoms with Gasteiger partial charge in [0.05, 0.1) is 15.7 Å². The van der Waals surface area contributed by atoms with E-state index >= 15 is 0 Å². The Morgan fingerprint density at radius 1 is 1.07 bits per heavy atom. The second kappa shape index (κ2) is 7.79. The number of hydrogen-bond acceptors (Lipinski definition) is 4. The standard InChI is InChI=1S/C19H16Cl2N4O2S/c1-11-14(19(22)23)9-10-16(24-11)12-5-7-13(8-6-12)25-28(26,27)17-4-2-3-15(20)18(17)21/h2-10,25H,1H3,(H3,22,23). The molecule has 0 spiro atoms. The molecule has 3 rings (SSSR count). The minimum absolute atomic E-state index is 0.0291. The lowest BCUT2D eigenvalue weighted by Crippen LogP contribution is -2.14. The summed E-state index contributed by atoms with van der Waals surface area (Å²) in [5, 5.41) is 7.65. The number of aromatic nitrogens is 1. The summed E-state index contributed by atoms with van der Waals surface area (Å²) < 4.78 is 27.6. The summed E-state index contributed by atoms with van der Waals surface area (Å²) in [5.41, 5.74) is 8.58. The van der Waals surface area contributed by atoms with Crippen molar-refractivity contribution >= 4 is 44.7 Å². The minimum Gasteiger partial charge on any atom is -0.384 e. The average Bonchev–Trinajstić information content (AvgIpc) is 2.63. The van der Waals surface area contributed by atoms with Gasteiger partial charge in [0.2, 0.25) is 0 Å². The Labute approximate surface area is 172 Å². The van der Waals surface area contributed by atoms with E-state index in [0.29, 0.717) is 22.6 Å². The van der Waals surface area contributed by atoms with Crippen LogP contribution < -0.4 is 10.5 Å². The fraction of sp³-hybridized carbons (Fsp3) is 0.0526. The fourth-order valence-corrected chi connectivity index (χ4v) is 4.44. The van der Waals surface area contributed by atoms with E-state index in [4.69, 9.17) is 34.3 Å². The van der Waals surface area contributed by atoms with Crippen LogP contribution in [0.15, 0.2) is 59.5 Å². The van der Waals surface area contributed by atoms with Gasteiger partial charge in [0, 0.05) is 22.5 Å². The van der Waals surface area contributed by atoms with Crippen molar-refractivity contribution in [3.8, 4) is 11.3 Å². The van der Waals surface area contributed by atoms with Crippen molar-refractivity contribution in [2.24, 2.45) is 5.73 Å². The van der Waals surface area contributed by atoms with E-state index in [2.05, 4.69) is 9.71 Å². The Morgan fingerprint density at radius 3 is 2.36 bits per heavy atom. The van der Waals surface area contributed by atoms with Crippen molar-refractivity contribution in [2.45, 2.75) is 11.8 Å². The van der Waals surface area contributed by atoms with Crippen LogP contribution in [0.4, 0.5) is 5.69 Å². The van der Waals surface area contributed by atoms with Gasteiger partial charge >= 0.3 is 0 Å². The van der Waals surface area contributed by atoms with Crippen molar-refractivity contribution in [2.75, 3.05) is 4.72 Å². The molecule has 1 aromatic heterocycles. The minimum atomic E-state index is -3.89. The predicted molar refractivity (Wildman–Crippen MR) is 113 cm³/mol. The van der Waals surface area contributed by atoms with Gasteiger partial charge in [-0.25, -0.2) is 8.42 Å². The molecule has 0 aliphatic rings. The number of nitrogens with zero attached hydrogens (tertiary/aromatic N) is 1. The van der Waals surface area contributed by atoms with Gasteiger partial charge in [0.1, 0.15) is 10.7 Å². The molecular weight excluding hydrogens is 419 g/mol. The normalized spacial score (nSPS) is 11.2. The first-order valence-corrected chi connectivity index (χ1v) is 10.3. The highest BCUT2D eigenvalue weighted by Crippen LogP contribution is 2.30. The highest BCUT2D eigenvalue weighted by molar-refractivity contribution is 7.92. The van der Waals surface area contributed by atoms with Crippen LogP contribution in [-0.2, 0) is 10.0 Å². The van der Waals surface area contributed by atoms with Crippen molar-refractivity contribution < 1.29 is 8.42 Å². The van der Waals surface area contributed by atoms with Gasteiger partial charge in [-0.1, -0.05) is 41.4 Å². The first-order chi connectivity index (χ1) is 13.2. The molecular formula is C19H16Cl2N4O2S. The van der Waals surface area contributed by atoms with Gasteiger partial charge in [-0.15, -0.1) is 0 Å². The molecule has 6 nitrogen and oxygen atoms in total. The second-order valence-corrected chi connectivity index (χ2v) is 8.41. The molecule has 2 aromatic carbocycles. The van der Waals surface area contributed by atoms with Gasteiger partial charge < -0.3 is 5.73 Å². The van der Waals surface area contributed by atoms with E-state index in [1.54, 1.807) is 43.3 Å². The number of sulfonamides is 1. The molecule has 0 unspecified atom stereocenters. The van der Waals surface area contributed by atoms with E-state index in [1.165, 1.54) is 18.2 Å². The average molecular weight is 435 g/mol. The van der Waals surface area contributed by atoms with E-state index in [1.807, 2.05) is 0 Å². The van der Waals surface area contributed by atoms with Crippen molar-refractivity contribution in [3.63, 3.8) is 0 Å². The third-order valence-electron chi connectivity index (χ3n) is 4.01. The van der Waals surface area contributed by atoms with Crippen molar-refractivity contribution in [1.82, 2.24) is 4.98 Å². The van der Waals surface area contributed by atoms with Gasteiger partial charge in [-0.05, 0) is 43.3 Å². The number of pyridine rings is 1. The Bertz CT molecular complexity index is 1160. The van der Waals surface area contributed by atoms with E-state index in [9.17, 15) is 8.42 Å². The Hall–Kier alpha value is -2.61. The lowest BCUT2D eigenvalue weighted by atomic mass is 10.1. The summed E-state index contributed by atoms with van der Waals surface area (Å²) >= 11 is 11.9. The molecule has 0 aliphatic heterocycles. The number of nitrogens with one attached hydrogen (secondary N) is 2. The molecule has 0 saturated heterocycles. The Kier molecular flexibility index (Phi) is 5.60. The van der Waals surface area contributed by atoms with Gasteiger partial charge in [-0.3, -0.25) is 15.1 Å². The molecule has 9 heteroatoms. The molecule has 0 atom stereocenters. The summed E-state index contributed by atoms with van der Waals surface area (Å²) in [6.45, 7) is 1.78. The smallest absolute Gasteiger partial charge is 0.263 e. The molecule has 0 fully saturated rings. The van der Waals surface area contributed by atoms with Gasteiger partial charge in [-0.2, -0.15) is 0 Å². The molecule has 28 heavy (non-hydrogen) atoms. The summed E-state index contributed by atoms with van der Waals surface area (Å²) in [6, 6.07) is 14.6. The third-order valence-corrected chi connectivity index (χ3v) is 6.37. The number of benzene rings is 2. The number of hydrogen-bond donors (Lipinski definition) is 3. The summed E-state index contributed by atoms with van der Waals surface area (Å²) in [6.07, 6.45) is 0. The summed E-state index contributed by atoms with van der Waals surface area (Å²) in [4.78, 5) is 4.35. The highest BCUT2D eigenvalue weighted by atomic mass is 35.5. The van der Waals surface area contributed by atoms with E-state index < -0.39 is 10.0 Å². The lowest BCUT2D eigenvalue weighted by Gasteiger charge is -2.11. The quantitative estimate of drug-likeness (QED) is 0.406. The van der Waals surface area contributed by atoms with E-state index in [0.717, 1.165) is 5.56 Å². The lowest BCUT2D eigenvalue weighted by molar-refractivity contribution is 0.601. The van der Waals surface area contributed by atoms with Crippen LogP contribution in [0, 0.1) is 12.3 Å². The maximum Gasteiger partial charge on any atom is 0.263 e. The molecule has 0 saturated carbocycles. The molecule has 4 N–H and O–H groups in total. The first kappa shape index (κ1) is 20.1. The van der Waals surface area contributed by atoms with Crippen LogP contribution in [0.25, 0.3) is 11.3 Å². The van der Waals surface area contributed by atoms with Crippen LogP contribution >= 0.6 is 23.2 Å². The maximum absolute atomic E-state index is 12.6. The number of rotatable bonds is 5. The number of amidine groups is 1. The monoisotopic (exact) mass is 434 g/mol.